The standard InChI is InChI=1S/C16H18N4O4/c1-19-6-2-4-11(19)9-17-14(21)8-13-15(22)20(16(23)18-13)10-12-5-3-7-24-12/h2-7,13H,8-10H2,1H3,(H,17,21)(H,18,23)/t13-/m0/s1. The second-order valence-electron chi connectivity index (χ2n) is 5.60. The van der Waals surface area contributed by atoms with Crippen LogP contribution in [0.2, 0.25) is 0 Å². The van der Waals surface area contributed by atoms with E-state index in [0.717, 1.165) is 10.6 Å². The summed E-state index contributed by atoms with van der Waals surface area (Å²) in [7, 11) is 1.88. The van der Waals surface area contributed by atoms with Crippen LogP contribution in [0.3, 0.4) is 0 Å². The lowest BCUT2D eigenvalue weighted by molar-refractivity contribution is -0.131. The SMILES string of the molecule is Cn1cccc1CNC(=O)C[C@@H]1NC(=O)N(Cc2ccco2)C1=O. The van der Waals surface area contributed by atoms with Crippen LogP contribution in [0.1, 0.15) is 17.9 Å². The van der Waals surface area contributed by atoms with Crippen molar-refractivity contribution in [3.05, 3.63) is 48.2 Å². The molecule has 0 spiro atoms. The van der Waals surface area contributed by atoms with Gasteiger partial charge in [0.25, 0.3) is 5.91 Å². The van der Waals surface area contributed by atoms with Gasteiger partial charge in [0.2, 0.25) is 5.91 Å². The van der Waals surface area contributed by atoms with Crippen LogP contribution >= 0.6 is 0 Å². The number of carbonyl (C=O) groups excluding carboxylic acids is 3. The van der Waals surface area contributed by atoms with Gasteiger partial charge in [0.05, 0.1) is 25.8 Å². The second-order valence-corrected chi connectivity index (χ2v) is 5.60. The summed E-state index contributed by atoms with van der Waals surface area (Å²) in [6.07, 6.45) is 3.26. The third kappa shape index (κ3) is 3.32. The number of carbonyl (C=O) groups is 3. The van der Waals surface area contributed by atoms with E-state index in [1.54, 1.807) is 12.1 Å². The number of hydrogen-bond acceptors (Lipinski definition) is 4. The summed E-state index contributed by atoms with van der Waals surface area (Å²) in [5.41, 5.74) is 0.949. The third-order valence-corrected chi connectivity index (χ3v) is 3.91. The first-order chi connectivity index (χ1) is 11.5. The molecule has 1 saturated heterocycles. The molecule has 0 bridgehead atoms. The monoisotopic (exact) mass is 330 g/mol. The lowest BCUT2D eigenvalue weighted by Gasteiger charge is -2.11. The fraction of sp³-hybridized carbons (Fsp3) is 0.312. The topological polar surface area (TPSA) is 96.6 Å². The van der Waals surface area contributed by atoms with Crippen LogP contribution in [0.5, 0.6) is 0 Å². The highest BCUT2D eigenvalue weighted by atomic mass is 16.3. The molecule has 1 fully saturated rings. The van der Waals surface area contributed by atoms with Crippen molar-refractivity contribution in [3.63, 3.8) is 0 Å². The van der Waals surface area contributed by atoms with Gasteiger partial charge >= 0.3 is 6.03 Å². The van der Waals surface area contributed by atoms with Crippen LogP contribution in [0.4, 0.5) is 4.79 Å². The van der Waals surface area contributed by atoms with Gasteiger partial charge in [0.1, 0.15) is 11.8 Å². The molecule has 2 aromatic rings. The predicted octanol–water partition coefficient (Wildman–Crippen LogP) is 0.745. The minimum atomic E-state index is -0.846. The zero-order valence-electron chi connectivity index (χ0n) is 13.2. The molecule has 1 aliphatic heterocycles. The maximum absolute atomic E-state index is 12.3. The summed E-state index contributed by atoms with van der Waals surface area (Å²) in [4.78, 5) is 37.3. The van der Waals surface area contributed by atoms with Crippen LogP contribution in [0.15, 0.2) is 41.1 Å². The van der Waals surface area contributed by atoms with Gasteiger partial charge < -0.3 is 19.6 Å². The van der Waals surface area contributed by atoms with Crippen molar-refractivity contribution in [1.29, 1.82) is 0 Å². The number of imide groups is 1. The van der Waals surface area contributed by atoms with Crippen molar-refractivity contribution in [2.45, 2.75) is 25.6 Å². The van der Waals surface area contributed by atoms with Crippen LogP contribution < -0.4 is 10.6 Å². The summed E-state index contributed by atoms with van der Waals surface area (Å²) in [5.74, 6) is -0.215. The van der Waals surface area contributed by atoms with E-state index in [4.69, 9.17) is 4.42 Å². The number of furan rings is 1. The number of nitrogens with one attached hydrogen (secondary N) is 2. The number of aromatic nitrogens is 1. The lowest BCUT2D eigenvalue weighted by Crippen LogP contribution is -2.36. The number of hydrogen-bond donors (Lipinski definition) is 2. The minimum absolute atomic E-state index is 0.0547. The van der Waals surface area contributed by atoms with E-state index in [9.17, 15) is 14.4 Å². The molecule has 126 valence electrons. The highest BCUT2D eigenvalue weighted by Crippen LogP contribution is 2.14. The third-order valence-electron chi connectivity index (χ3n) is 3.91. The lowest BCUT2D eigenvalue weighted by atomic mass is 10.2. The summed E-state index contributed by atoms with van der Waals surface area (Å²) in [5, 5.41) is 5.28. The first-order valence-electron chi connectivity index (χ1n) is 7.56. The van der Waals surface area contributed by atoms with E-state index < -0.39 is 18.0 Å². The maximum Gasteiger partial charge on any atom is 0.325 e. The van der Waals surface area contributed by atoms with Gasteiger partial charge in [-0.1, -0.05) is 0 Å². The largest absolute Gasteiger partial charge is 0.467 e. The van der Waals surface area contributed by atoms with E-state index in [-0.39, 0.29) is 18.9 Å². The summed E-state index contributed by atoms with van der Waals surface area (Å²) >= 11 is 0. The van der Waals surface area contributed by atoms with E-state index in [2.05, 4.69) is 10.6 Å². The molecule has 2 aromatic heterocycles. The van der Waals surface area contributed by atoms with Crippen molar-refractivity contribution in [1.82, 2.24) is 20.1 Å². The van der Waals surface area contributed by atoms with Crippen LogP contribution in [-0.2, 0) is 29.7 Å². The average Bonchev–Trinajstić information content (AvgIpc) is 3.25. The molecule has 0 radical (unpaired) electrons. The zero-order chi connectivity index (χ0) is 17.1. The van der Waals surface area contributed by atoms with Crippen molar-refractivity contribution >= 4 is 17.8 Å². The Bertz CT molecular complexity index is 750. The molecular formula is C16H18N4O4. The quantitative estimate of drug-likeness (QED) is 0.764. The Balaban J connectivity index is 1.53. The van der Waals surface area contributed by atoms with Gasteiger partial charge in [-0.25, -0.2) is 4.79 Å². The van der Waals surface area contributed by atoms with Gasteiger partial charge in [-0.2, -0.15) is 0 Å². The minimum Gasteiger partial charge on any atom is -0.467 e. The Kier molecular flexibility index (Phi) is 4.37. The smallest absolute Gasteiger partial charge is 0.325 e. The molecule has 1 atom stereocenters. The van der Waals surface area contributed by atoms with Gasteiger partial charge in [0, 0.05) is 18.9 Å². The molecule has 0 aromatic carbocycles. The highest BCUT2D eigenvalue weighted by molar-refractivity contribution is 6.05. The molecule has 3 rings (SSSR count). The molecule has 2 N–H and O–H groups in total. The van der Waals surface area contributed by atoms with Crippen molar-refractivity contribution in [2.75, 3.05) is 0 Å². The summed E-state index contributed by atoms with van der Waals surface area (Å²) in [6.45, 7) is 0.423. The molecule has 24 heavy (non-hydrogen) atoms. The molecular weight excluding hydrogens is 312 g/mol. The molecule has 8 heteroatoms. The summed E-state index contributed by atoms with van der Waals surface area (Å²) in [6, 6.07) is 5.78. The molecule has 4 amide bonds. The number of nitrogens with zero attached hydrogens (tertiary/aromatic N) is 2. The molecule has 8 nitrogen and oxygen atoms in total. The van der Waals surface area contributed by atoms with Crippen molar-refractivity contribution in [2.24, 2.45) is 7.05 Å². The highest BCUT2D eigenvalue weighted by Gasteiger charge is 2.39. The number of rotatable bonds is 6. The van der Waals surface area contributed by atoms with Crippen LogP contribution in [-0.4, -0.2) is 33.4 Å². The average molecular weight is 330 g/mol. The predicted molar refractivity (Wildman–Crippen MR) is 83.5 cm³/mol. The Morgan fingerprint density at radius 3 is 2.83 bits per heavy atom. The van der Waals surface area contributed by atoms with E-state index in [1.165, 1.54) is 6.26 Å². The van der Waals surface area contributed by atoms with Crippen molar-refractivity contribution in [3.8, 4) is 0 Å². The van der Waals surface area contributed by atoms with Crippen molar-refractivity contribution < 1.29 is 18.8 Å². The number of urea groups is 1. The molecule has 3 heterocycles. The Morgan fingerprint density at radius 2 is 2.17 bits per heavy atom. The zero-order valence-corrected chi connectivity index (χ0v) is 13.2. The fourth-order valence-electron chi connectivity index (χ4n) is 2.55. The number of aryl methyl sites for hydroxylation is 1. The first-order valence-corrected chi connectivity index (χ1v) is 7.56. The van der Waals surface area contributed by atoms with Gasteiger partial charge in [-0.15, -0.1) is 0 Å². The molecule has 0 saturated carbocycles. The van der Waals surface area contributed by atoms with E-state index in [1.807, 2.05) is 29.9 Å². The van der Waals surface area contributed by atoms with Gasteiger partial charge in [0.15, 0.2) is 0 Å². The first kappa shape index (κ1) is 15.9. The van der Waals surface area contributed by atoms with E-state index in [0.29, 0.717) is 12.3 Å². The number of amides is 4. The molecule has 1 aliphatic rings. The molecule has 0 unspecified atom stereocenters. The maximum atomic E-state index is 12.3. The normalized spacial score (nSPS) is 17.2. The van der Waals surface area contributed by atoms with Gasteiger partial charge in [-0.3, -0.25) is 14.5 Å². The van der Waals surface area contributed by atoms with E-state index >= 15 is 0 Å². The second kappa shape index (κ2) is 6.61. The molecule has 0 aliphatic carbocycles. The Morgan fingerprint density at radius 1 is 1.33 bits per heavy atom. The van der Waals surface area contributed by atoms with Crippen LogP contribution in [0.25, 0.3) is 0 Å². The fourth-order valence-corrected chi connectivity index (χ4v) is 2.55. The van der Waals surface area contributed by atoms with Crippen LogP contribution in [0, 0.1) is 0 Å². The Labute approximate surface area is 138 Å². The van der Waals surface area contributed by atoms with Gasteiger partial charge in [-0.05, 0) is 24.3 Å². The Hall–Kier alpha value is -3.03. The summed E-state index contributed by atoms with van der Waals surface area (Å²) < 4.78 is 7.04.